The summed E-state index contributed by atoms with van der Waals surface area (Å²) in [7, 11) is 0. The molecule has 0 aromatic carbocycles. The van der Waals surface area contributed by atoms with E-state index < -0.39 is 0 Å². The van der Waals surface area contributed by atoms with Gasteiger partial charge in [-0.2, -0.15) is 0 Å². The standard InChI is InChI=1S/C7H11NOS/c1-5(2)7-8-3-6(4-9)10-7/h3,5,9H,4H2,1-2H3. The van der Waals surface area contributed by atoms with Crippen molar-refractivity contribution in [1.82, 2.24) is 4.98 Å². The van der Waals surface area contributed by atoms with Crippen molar-refractivity contribution in [2.45, 2.75) is 26.4 Å². The molecule has 0 aliphatic heterocycles. The molecule has 1 N–H and O–H groups in total. The van der Waals surface area contributed by atoms with Gasteiger partial charge in [-0.15, -0.1) is 11.3 Å². The topological polar surface area (TPSA) is 33.1 Å². The van der Waals surface area contributed by atoms with Gasteiger partial charge in [-0.05, 0) is 0 Å². The Kier molecular flexibility index (Phi) is 2.40. The van der Waals surface area contributed by atoms with Gasteiger partial charge in [0, 0.05) is 12.1 Å². The number of aromatic nitrogens is 1. The molecule has 1 aromatic heterocycles. The van der Waals surface area contributed by atoms with Crippen LogP contribution >= 0.6 is 11.3 Å². The van der Waals surface area contributed by atoms with E-state index in [2.05, 4.69) is 18.8 Å². The van der Waals surface area contributed by atoms with E-state index in [1.807, 2.05) is 0 Å². The Balaban J connectivity index is 2.78. The van der Waals surface area contributed by atoms with Crippen molar-refractivity contribution in [2.75, 3.05) is 0 Å². The quantitative estimate of drug-likeness (QED) is 0.709. The highest BCUT2D eigenvalue weighted by Gasteiger charge is 2.03. The zero-order valence-electron chi connectivity index (χ0n) is 6.16. The number of thiazole rings is 1. The van der Waals surface area contributed by atoms with Crippen LogP contribution in [0.25, 0.3) is 0 Å². The molecule has 0 radical (unpaired) electrons. The van der Waals surface area contributed by atoms with Crippen LogP contribution in [0.4, 0.5) is 0 Å². The smallest absolute Gasteiger partial charge is 0.0953 e. The number of rotatable bonds is 2. The van der Waals surface area contributed by atoms with E-state index in [1.165, 1.54) is 0 Å². The fraction of sp³-hybridized carbons (Fsp3) is 0.571. The van der Waals surface area contributed by atoms with Gasteiger partial charge < -0.3 is 5.11 Å². The molecule has 0 aliphatic carbocycles. The Bertz CT molecular complexity index is 207. The van der Waals surface area contributed by atoms with Crippen molar-refractivity contribution >= 4 is 11.3 Å². The van der Waals surface area contributed by atoms with E-state index in [1.54, 1.807) is 17.5 Å². The number of aliphatic hydroxyl groups excluding tert-OH is 1. The van der Waals surface area contributed by atoms with Gasteiger partial charge in [-0.3, -0.25) is 0 Å². The minimum Gasteiger partial charge on any atom is -0.391 e. The lowest BCUT2D eigenvalue weighted by Gasteiger charge is -1.94. The Morgan fingerprint density at radius 3 is 2.70 bits per heavy atom. The van der Waals surface area contributed by atoms with Crippen molar-refractivity contribution in [3.05, 3.63) is 16.1 Å². The molecular formula is C7H11NOS. The first-order valence-corrected chi connectivity index (χ1v) is 4.11. The van der Waals surface area contributed by atoms with Crippen molar-refractivity contribution in [2.24, 2.45) is 0 Å². The molecule has 0 unspecified atom stereocenters. The second-order valence-electron chi connectivity index (χ2n) is 2.48. The van der Waals surface area contributed by atoms with Crippen LogP contribution in [-0.2, 0) is 6.61 Å². The summed E-state index contributed by atoms with van der Waals surface area (Å²) in [6, 6.07) is 0. The highest BCUT2D eigenvalue weighted by molar-refractivity contribution is 7.11. The summed E-state index contributed by atoms with van der Waals surface area (Å²) < 4.78 is 0. The van der Waals surface area contributed by atoms with Crippen molar-refractivity contribution < 1.29 is 5.11 Å². The molecule has 0 aliphatic rings. The molecule has 10 heavy (non-hydrogen) atoms. The van der Waals surface area contributed by atoms with Crippen LogP contribution in [0.3, 0.4) is 0 Å². The second kappa shape index (κ2) is 3.12. The summed E-state index contributed by atoms with van der Waals surface area (Å²) in [5.74, 6) is 0.477. The van der Waals surface area contributed by atoms with Crippen LogP contribution in [-0.4, -0.2) is 10.1 Å². The fourth-order valence-electron chi connectivity index (χ4n) is 0.663. The van der Waals surface area contributed by atoms with E-state index in [0.717, 1.165) is 9.88 Å². The molecule has 0 amide bonds. The number of aliphatic hydroxyl groups is 1. The lowest BCUT2D eigenvalue weighted by atomic mass is 10.2. The monoisotopic (exact) mass is 157 g/mol. The Labute approximate surface area is 64.5 Å². The largest absolute Gasteiger partial charge is 0.391 e. The van der Waals surface area contributed by atoms with Crippen molar-refractivity contribution in [3.8, 4) is 0 Å². The molecule has 2 nitrogen and oxygen atoms in total. The van der Waals surface area contributed by atoms with Gasteiger partial charge >= 0.3 is 0 Å². The van der Waals surface area contributed by atoms with E-state index >= 15 is 0 Å². The van der Waals surface area contributed by atoms with Gasteiger partial charge in [0.2, 0.25) is 0 Å². The average Bonchev–Trinajstić information content (AvgIpc) is 2.34. The second-order valence-corrected chi connectivity index (χ2v) is 3.62. The molecule has 1 heterocycles. The SMILES string of the molecule is CC(C)c1ncc(CO)s1. The maximum absolute atomic E-state index is 8.70. The van der Waals surface area contributed by atoms with Gasteiger partial charge in [-0.25, -0.2) is 4.98 Å². The summed E-state index contributed by atoms with van der Waals surface area (Å²) >= 11 is 1.58. The van der Waals surface area contributed by atoms with E-state index in [-0.39, 0.29) is 6.61 Å². The number of hydrogen-bond donors (Lipinski definition) is 1. The van der Waals surface area contributed by atoms with Gasteiger partial charge in [0.15, 0.2) is 0 Å². The summed E-state index contributed by atoms with van der Waals surface area (Å²) in [6.45, 7) is 4.31. The van der Waals surface area contributed by atoms with Crippen LogP contribution in [0.2, 0.25) is 0 Å². The highest BCUT2D eigenvalue weighted by Crippen LogP contribution is 2.20. The Morgan fingerprint density at radius 1 is 1.70 bits per heavy atom. The average molecular weight is 157 g/mol. The van der Waals surface area contributed by atoms with Gasteiger partial charge in [0.1, 0.15) is 0 Å². The fourth-order valence-corrected chi connectivity index (χ4v) is 1.44. The summed E-state index contributed by atoms with van der Waals surface area (Å²) in [5, 5.41) is 9.80. The predicted molar refractivity (Wildman–Crippen MR) is 42.1 cm³/mol. The molecule has 3 heteroatoms. The third-order valence-corrected chi connectivity index (χ3v) is 2.50. The third-order valence-electron chi connectivity index (χ3n) is 1.22. The molecule has 0 bridgehead atoms. The van der Waals surface area contributed by atoms with Crippen LogP contribution in [0.5, 0.6) is 0 Å². The first-order chi connectivity index (χ1) is 4.74. The molecule has 0 saturated carbocycles. The Hall–Kier alpha value is -0.410. The highest BCUT2D eigenvalue weighted by atomic mass is 32.1. The van der Waals surface area contributed by atoms with Gasteiger partial charge in [-0.1, -0.05) is 13.8 Å². The maximum Gasteiger partial charge on any atom is 0.0953 e. The van der Waals surface area contributed by atoms with Crippen LogP contribution in [0, 0.1) is 0 Å². The molecule has 1 rings (SSSR count). The molecular weight excluding hydrogens is 146 g/mol. The molecule has 1 aromatic rings. The summed E-state index contributed by atoms with van der Waals surface area (Å²) in [5.41, 5.74) is 0. The summed E-state index contributed by atoms with van der Waals surface area (Å²) in [4.78, 5) is 5.09. The first kappa shape index (κ1) is 7.69. The molecule has 56 valence electrons. The Morgan fingerprint density at radius 2 is 2.40 bits per heavy atom. The maximum atomic E-state index is 8.70. The van der Waals surface area contributed by atoms with Crippen molar-refractivity contribution in [3.63, 3.8) is 0 Å². The zero-order chi connectivity index (χ0) is 7.56. The number of hydrogen-bond acceptors (Lipinski definition) is 3. The van der Waals surface area contributed by atoms with E-state index in [0.29, 0.717) is 5.92 Å². The zero-order valence-corrected chi connectivity index (χ0v) is 6.98. The minimum atomic E-state index is 0.115. The first-order valence-electron chi connectivity index (χ1n) is 3.29. The lowest BCUT2D eigenvalue weighted by Crippen LogP contribution is -1.81. The minimum absolute atomic E-state index is 0.115. The third kappa shape index (κ3) is 1.55. The summed E-state index contributed by atoms with van der Waals surface area (Å²) in [6.07, 6.45) is 1.74. The lowest BCUT2D eigenvalue weighted by molar-refractivity contribution is 0.285. The number of nitrogens with zero attached hydrogens (tertiary/aromatic N) is 1. The van der Waals surface area contributed by atoms with E-state index in [4.69, 9.17) is 5.11 Å². The van der Waals surface area contributed by atoms with Crippen LogP contribution in [0.15, 0.2) is 6.20 Å². The molecule has 0 fully saturated rings. The van der Waals surface area contributed by atoms with Crippen LogP contribution < -0.4 is 0 Å². The van der Waals surface area contributed by atoms with Crippen LogP contribution in [0.1, 0.15) is 29.7 Å². The van der Waals surface area contributed by atoms with E-state index in [9.17, 15) is 0 Å². The molecule has 0 spiro atoms. The molecule has 0 saturated heterocycles. The molecule has 0 atom stereocenters. The van der Waals surface area contributed by atoms with Gasteiger partial charge in [0.25, 0.3) is 0 Å². The van der Waals surface area contributed by atoms with Crippen molar-refractivity contribution in [1.29, 1.82) is 0 Å². The normalized spacial score (nSPS) is 10.8. The van der Waals surface area contributed by atoms with Gasteiger partial charge in [0.05, 0.1) is 16.5 Å². The predicted octanol–water partition coefficient (Wildman–Crippen LogP) is 1.76.